The SMILES string of the molecule is O=C([O-])[O-].O=C([O-])[O-].O=C([O-])[O-].[Fe+3].[Fe+3].[Fe+3].[Fe+3].[O-2].[O-2].[O-2]. The predicted octanol–water partition coefficient (Wildman–Crippen LogP) is -7.71. The van der Waals surface area contributed by atoms with E-state index < -0.39 is 18.5 Å². The van der Waals surface area contributed by atoms with Crippen molar-refractivity contribution in [2.75, 3.05) is 0 Å². The molecule has 0 bridgehead atoms. The van der Waals surface area contributed by atoms with Gasteiger partial charge in [-0.05, 0) is 18.5 Å². The number of hydrogen-bond donors (Lipinski definition) is 0. The largest absolute Gasteiger partial charge is 3.00 e. The van der Waals surface area contributed by atoms with E-state index in [9.17, 15) is 0 Å². The van der Waals surface area contributed by atoms with E-state index >= 15 is 0 Å². The van der Waals surface area contributed by atoms with Crippen molar-refractivity contribution in [3.05, 3.63) is 0 Å². The molecular weight excluding hydrogens is 451 g/mol. The van der Waals surface area contributed by atoms with E-state index in [1.807, 2.05) is 0 Å². The van der Waals surface area contributed by atoms with Gasteiger partial charge in [0, 0.05) is 0 Å². The summed E-state index contributed by atoms with van der Waals surface area (Å²) in [6.07, 6.45) is -7.00. The van der Waals surface area contributed by atoms with Crippen LogP contribution >= 0.6 is 0 Å². The Bertz CT molecular complexity index is 123. The minimum atomic E-state index is -2.33. The molecule has 0 aromatic rings. The zero-order chi connectivity index (χ0) is 10.7. The third-order valence-electron chi connectivity index (χ3n) is 0. The molecule has 4 radical (unpaired) electrons. The Morgan fingerprint density at radius 2 is 0.421 bits per heavy atom. The van der Waals surface area contributed by atoms with Gasteiger partial charge in [-0.2, -0.15) is 0 Å². The fourth-order valence-corrected chi connectivity index (χ4v) is 0. The molecule has 0 aliphatic heterocycles. The zero-order valence-electron chi connectivity index (χ0n) is 7.81. The molecule has 16 heteroatoms. The Kier molecular flexibility index (Phi) is 264. The van der Waals surface area contributed by atoms with E-state index in [2.05, 4.69) is 0 Å². The van der Waals surface area contributed by atoms with Crippen molar-refractivity contribution in [2.24, 2.45) is 0 Å². The van der Waals surface area contributed by atoms with Gasteiger partial charge in [-0.25, -0.2) is 0 Å². The summed E-state index contributed by atoms with van der Waals surface area (Å²) in [5.74, 6) is 0. The van der Waals surface area contributed by atoms with E-state index in [0.29, 0.717) is 0 Å². The first-order valence-electron chi connectivity index (χ1n) is 1.84. The molecule has 0 rings (SSSR count). The molecule has 0 saturated heterocycles. The standard InChI is InChI=1S/3CH2O3.4Fe.3O/c3*2-1(3)4;;;;;;;/h3*(H2,2,3,4);;;;;;;/q;;;4*+3;3*-2/p-6. The zero-order valence-corrected chi connectivity index (χ0v) is 12.2. The molecular formula is C3Fe4O12. The van der Waals surface area contributed by atoms with Crippen LogP contribution in [0.25, 0.3) is 0 Å². The first kappa shape index (κ1) is 77.1. The summed E-state index contributed by atoms with van der Waals surface area (Å²) in [5.41, 5.74) is 0. The minimum absolute atomic E-state index is 0. The third-order valence-corrected chi connectivity index (χ3v) is 0. The smallest absolute Gasteiger partial charge is 2.00 e. The first-order valence-corrected chi connectivity index (χ1v) is 1.84. The summed E-state index contributed by atoms with van der Waals surface area (Å²) in [7, 11) is 0. The number of carbonyl (C=O) groups excluding carboxylic acids is 3. The molecule has 0 unspecified atom stereocenters. The van der Waals surface area contributed by atoms with Gasteiger partial charge in [0.15, 0.2) is 0 Å². The molecule has 0 fully saturated rings. The fourth-order valence-electron chi connectivity index (χ4n) is 0. The topological polar surface area (TPSA) is 275 Å². The van der Waals surface area contributed by atoms with Gasteiger partial charge in [-0.15, -0.1) is 0 Å². The van der Waals surface area contributed by atoms with Crippen molar-refractivity contribution in [2.45, 2.75) is 0 Å². The molecule has 0 heterocycles. The van der Waals surface area contributed by atoms with Crippen LogP contribution in [0.15, 0.2) is 0 Å². The van der Waals surface area contributed by atoms with Crippen molar-refractivity contribution in [3.63, 3.8) is 0 Å². The van der Waals surface area contributed by atoms with Gasteiger partial charge in [-0.3, -0.25) is 0 Å². The van der Waals surface area contributed by atoms with E-state index in [1.54, 1.807) is 0 Å². The second-order valence-electron chi connectivity index (χ2n) is 0.750. The molecule has 0 aromatic heterocycles. The average Bonchev–Trinajstić information content (AvgIpc) is 1.54. The van der Waals surface area contributed by atoms with Gasteiger partial charge in [0.05, 0.1) is 0 Å². The van der Waals surface area contributed by atoms with Crippen LogP contribution < -0.4 is 30.6 Å². The Labute approximate surface area is 148 Å². The Hall–Kier alpha value is -0.232. The molecule has 0 N–H and O–H groups in total. The normalized spacial score (nSPS) is 3.79. The van der Waals surface area contributed by atoms with Crippen molar-refractivity contribution in [3.8, 4) is 0 Å². The number of rotatable bonds is 0. The molecule has 12 nitrogen and oxygen atoms in total. The molecule has 0 aromatic carbocycles. The van der Waals surface area contributed by atoms with Crippen LogP contribution in [0.5, 0.6) is 0 Å². The molecule has 116 valence electrons. The Balaban J connectivity index is -0.00000000675. The summed E-state index contributed by atoms with van der Waals surface area (Å²) >= 11 is 0. The molecule has 0 spiro atoms. The minimum Gasteiger partial charge on any atom is -2.00 e. The van der Waals surface area contributed by atoms with Crippen LogP contribution in [0, 0.1) is 0 Å². The maximum atomic E-state index is 8.33. The molecule has 19 heavy (non-hydrogen) atoms. The van der Waals surface area contributed by atoms with Gasteiger partial charge in [0.2, 0.25) is 0 Å². The summed E-state index contributed by atoms with van der Waals surface area (Å²) < 4.78 is 0. The quantitative estimate of drug-likeness (QED) is 0.315. The second-order valence-corrected chi connectivity index (χ2v) is 0.750. The first-order chi connectivity index (χ1) is 5.20. The summed E-state index contributed by atoms with van der Waals surface area (Å²) in [5, 5.41) is 50.0. The molecule has 0 atom stereocenters. The Morgan fingerprint density at radius 3 is 0.421 bits per heavy atom. The van der Waals surface area contributed by atoms with Crippen LogP contribution in [0.1, 0.15) is 0 Å². The van der Waals surface area contributed by atoms with Crippen molar-refractivity contribution < 1.29 is 130 Å². The molecule has 0 aliphatic carbocycles. The number of carboxylic acid groups (broad SMARTS) is 6. The summed E-state index contributed by atoms with van der Waals surface area (Å²) in [6, 6.07) is 0. The van der Waals surface area contributed by atoms with E-state index in [1.165, 1.54) is 0 Å². The maximum absolute atomic E-state index is 8.33. The summed E-state index contributed by atoms with van der Waals surface area (Å²) in [6.45, 7) is 0. The van der Waals surface area contributed by atoms with Gasteiger partial charge < -0.3 is 61.5 Å². The van der Waals surface area contributed by atoms with Crippen molar-refractivity contribution >= 4 is 18.5 Å². The second kappa shape index (κ2) is 65.0. The van der Waals surface area contributed by atoms with E-state index in [4.69, 9.17) is 45.0 Å². The van der Waals surface area contributed by atoms with Crippen LogP contribution in [-0.2, 0) is 84.7 Å². The summed E-state index contributed by atoms with van der Waals surface area (Å²) in [4.78, 5) is 25.0. The van der Waals surface area contributed by atoms with Crippen LogP contribution in [0.3, 0.4) is 0 Å². The number of carbonyl (C=O) groups is 3. The average molecular weight is 451 g/mol. The van der Waals surface area contributed by atoms with E-state index in [0.717, 1.165) is 0 Å². The molecule has 0 amide bonds. The fraction of sp³-hybridized carbons (Fsp3) is 0. The van der Waals surface area contributed by atoms with Gasteiger partial charge in [0.25, 0.3) is 0 Å². The van der Waals surface area contributed by atoms with Crippen LogP contribution in [-0.4, -0.2) is 18.5 Å². The number of hydrogen-bond acceptors (Lipinski definition) is 9. The van der Waals surface area contributed by atoms with Crippen molar-refractivity contribution in [1.82, 2.24) is 0 Å². The van der Waals surface area contributed by atoms with Crippen molar-refractivity contribution in [1.29, 1.82) is 0 Å². The van der Waals surface area contributed by atoms with Gasteiger partial charge in [-0.1, -0.05) is 0 Å². The predicted molar refractivity (Wildman–Crippen MR) is 18.2 cm³/mol. The van der Waals surface area contributed by atoms with Crippen LogP contribution in [0.4, 0.5) is 14.4 Å². The monoisotopic (exact) mass is 452 g/mol. The molecule has 0 saturated carbocycles. The molecule has 0 aliphatic rings. The van der Waals surface area contributed by atoms with E-state index in [-0.39, 0.29) is 84.7 Å². The Morgan fingerprint density at radius 1 is 0.421 bits per heavy atom. The third kappa shape index (κ3) is 82000. The van der Waals surface area contributed by atoms with Gasteiger partial charge >= 0.3 is 68.3 Å². The maximum Gasteiger partial charge on any atom is 3.00 e. The van der Waals surface area contributed by atoms with Gasteiger partial charge in [0.1, 0.15) is 0 Å². The van der Waals surface area contributed by atoms with Crippen LogP contribution in [0.2, 0.25) is 0 Å².